The Bertz CT molecular complexity index is 857. The molecule has 2 aliphatic carbocycles. The van der Waals surface area contributed by atoms with Gasteiger partial charge in [0.05, 0.1) is 20.1 Å². The molecule has 0 aromatic rings. The van der Waals surface area contributed by atoms with Crippen LogP contribution in [0.25, 0.3) is 0 Å². The molecule has 3 aliphatic rings. The van der Waals surface area contributed by atoms with E-state index in [9.17, 15) is 19.2 Å². The van der Waals surface area contributed by atoms with Crippen LogP contribution in [-0.2, 0) is 28.6 Å². The quantitative estimate of drug-likeness (QED) is 0.256. The molecule has 1 saturated carbocycles. The average molecular weight is 474 g/mol. The number of Topliss-reactive ketones (excluding diaryl/α,β-unsaturated/α-hetero) is 2. The number of allylic oxidation sites excluding steroid dienone is 1. The summed E-state index contributed by atoms with van der Waals surface area (Å²) in [7, 11) is 1.55. The Kier molecular flexibility index (Phi) is 9.91. The molecule has 34 heavy (non-hydrogen) atoms. The van der Waals surface area contributed by atoms with Crippen molar-refractivity contribution in [3.8, 4) is 0 Å². The molecule has 0 bridgehead atoms. The minimum Gasteiger partial charge on any atom is -0.497 e. The second kappa shape index (κ2) is 13.1. The summed E-state index contributed by atoms with van der Waals surface area (Å²) in [5.74, 6) is 0.192. The number of methoxy groups -OCH3 is 1. The SMILES string of the molecule is COC1=CC2OC(=O)C(NC(=O)OCCCCCCCCCC3CCC(=O)CC3=O)=CC2C=C1. The number of nitrogens with one attached hydrogen (secondary N) is 1. The molecule has 0 radical (unpaired) electrons. The molecular formula is C26H35NO7. The van der Waals surface area contributed by atoms with E-state index in [4.69, 9.17) is 14.2 Å². The monoisotopic (exact) mass is 473 g/mol. The summed E-state index contributed by atoms with van der Waals surface area (Å²) in [4.78, 5) is 47.3. The molecule has 0 spiro atoms. The fourth-order valence-corrected chi connectivity index (χ4v) is 4.50. The largest absolute Gasteiger partial charge is 0.497 e. The van der Waals surface area contributed by atoms with Crippen molar-refractivity contribution < 1.29 is 33.4 Å². The first-order chi connectivity index (χ1) is 16.5. The highest BCUT2D eigenvalue weighted by molar-refractivity contribution is 6.02. The number of unbranched alkanes of at least 4 members (excludes halogenated alkanes) is 6. The fourth-order valence-electron chi connectivity index (χ4n) is 4.50. The Labute approximate surface area is 200 Å². The van der Waals surface area contributed by atoms with Crippen LogP contribution >= 0.6 is 0 Å². The predicted octanol–water partition coefficient (Wildman–Crippen LogP) is 4.30. The van der Waals surface area contributed by atoms with Crippen LogP contribution in [0.3, 0.4) is 0 Å². The summed E-state index contributed by atoms with van der Waals surface area (Å²) in [6.45, 7) is 0.294. The summed E-state index contributed by atoms with van der Waals surface area (Å²) in [5, 5.41) is 2.48. The van der Waals surface area contributed by atoms with Crippen molar-refractivity contribution in [1.82, 2.24) is 5.32 Å². The Morgan fingerprint density at radius 2 is 1.79 bits per heavy atom. The van der Waals surface area contributed by atoms with E-state index < -0.39 is 18.2 Å². The van der Waals surface area contributed by atoms with Crippen LogP contribution in [-0.4, -0.2) is 43.4 Å². The molecule has 1 aliphatic heterocycles. The normalized spacial score (nSPS) is 24.0. The van der Waals surface area contributed by atoms with E-state index in [0.717, 1.165) is 57.8 Å². The van der Waals surface area contributed by atoms with Gasteiger partial charge in [-0.25, -0.2) is 9.59 Å². The van der Waals surface area contributed by atoms with Gasteiger partial charge in [-0.3, -0.25) is 14.9 Å². The number of esters is 1. The number of alkyl carbamates (subject to hydrolysis) is 1. The lowest BCUT2D eigenvalue weighted by Crippen LogP contribution is -2.37. The molecule has 0 saturated heterocycles. The Morgan fingerprint density at radius 1 is 1.06 bits per heavy atom. The standard InChI is InChI=1S/C26H35NO7/c1-32-21-13-11-19-15-22(25(30)34-24(19)17-21)27-26(31)33-14-8-6-4-2-3-5-7-9-18-10-12-20(28)16-23(18)29/h11,13,15,17-19,24H,2-10,12,14,16H2,1H3,(H,27,31). The third kappa shape index (κ3) is 7.85. The first-order valence-corrected chi connectivity index (χ1v) is 12.3. The molecule has 0 aromatic heterocycles. The van der Waals surface area contributed by atoms with Crippen LogP contribution in [0.1, 0.15) is 70.6 Å². The number of hydrogen-bond acceptors (Lipinski definition) is 7. The van der Waals surface area contributed by atoms with Crippen molar-refractivity contribution in [2.75, 3.05) is 13.7 Å². The van der Waals surface area contributed by atoms with Crippen molar-refractivity contribution in [2.45, 2.75) is 76.7 Å². The maximum absolute atomic E-state index is 12.1. The van der Waals surface area contributed by atoms with Crippen molar-refractivity contribution >= 4 is 23.6 Å². The second-order valence-electron chi connectivity index (χ2n) is 9.10. The number of rotatable bonds is 12. The number of ketones is 2. The smallest absolute Gasteiger partial charge is 0.411 e. The van der Waals surface area contributed by atoms with Gasteiger partial charge in [0.1, 0.15) is 29.1 Å². The zero-order valence-electron chi connectivity index (χ0n) is 19.9. The van der Waals surface area contributed by atoms with Gasteiger partial charge in [-0.1, -0.05) is 44.6 Å². The van der Waals surface area contributed by atoms with E-state index in [-0.39, 0.29) is 35.5 Å². The first-order valence-electron chi connectivity index (χ1n) is 12.3. The highest BCUT2D eigenvalue weighted by atomic mass is 16.6. The highest BCUT2D eigenvalue weighted by Crippen LogP contribution is 2.27. The minimum atomic E-state index is -0.659. The summed E-state index contributed by atoms with van der Waals surface area (Å²) < 4.78 is 15.7. The van der Waals surface area contributed by atoms with E-state index in [1.807, 2.05) is 6.08 Å². The Balaban J connectivity index is 1.20. The van der Waals surface area contributed by atoms with Crippen LogP contribution in [0.4, 0.5) is 4.79 Å². The number of ether oxygens (including phenoxy) is 3. The highest BCUT2D eigenvalue weighted by Gasteiger charge is 2.32. The molecule has 3 atom stereocenters. The van der Waals surface area contributed by atoms with Crippen LogP contribution in [0.15, 0.2) is 35.8 Å². The summed E-state index contributed by atoms with van der Waals surface area (Å²) in [6, 6.07) is 0. The van der Waals surface area contributed by atoms with Crippen LogP contribution < -0.4 is 5.32 Å². The molecule has 3 unspecified atom stereocenters. The molecular weight excluding hydrogens is 438 g/mol. The third-order valence-corrected chi connectivity index (χ3v) is 6.51. The summed E-state index contributed by atoms with van der Waals surface area (Å²) in [5.41, 5.74) is 0.0895. The Morgan fingerprint density at radius 3 is 2.53 bits per heavy atom. The lowest BCUT2D eigenvalue weighted by atomic mass is 9.84. The third-order valence-electron chi connectivity index (χ3n) is 6.51. The lowest BCUT2D eigenvalue weighted by molar-refractivity contribution is -0.145. The van der Waals surface area contributed by atoms with Gasteiger partial charge < -0.3 is 14.2 Å². The van der Waals surface area contributed by atoms with Crippen LogP contribution in [0, 0.1) is 11.8 Å². The van der Waals surface area contributed by atoms with Gasteiger partial charge in [0.25, 0.3) is 0 Å². The van der Waals surface area contributed by atoms with Gasteiger partial charge in [0, 0.05) is 18.3 Å². The van der Waals surface area contributed by atoms with Crippen LogP contribution in [0.5, 0.6) is 0 Å². The van der Waals surface area contributed by atoms with Crippen LogP contribution in [0.2, 0.25) is 0 Å². The van der Waals surface area contributed by atoms with Crippen molar-refractivity contribution in [1.29, 1.82) is 0 Å². The number of carbonyl (C=O) groups excluding carboxylic acids is 4. The predicted molar refractivity (Wildman–Crippen MR) is 124 cm³/mol. The Hall–Kier alpha value is -2.90. The maximum atomic E-state index is 12.1. The fraction of sp³-hybridized carbons (Fsp3) is 0.615. The van der Waals surface area contributed by atoms with Gasteiger partial charge >= 0.3 is 12.1 Å². The zero-order chi connectivity index (χ0) is 24.3. The van der Waals surface area contributed by atoms with E-state index in [1.54, 1.807) is 25.3 Å². The van der Waals surface area contributed by atoms with E-state index in [2.05, 4.69) is 5.32 Å². The van der Waals surface area contributed by atoms with Gasteiger partial charge in [0.2, 0.25) is 0 Å². The summed E-state index contributed by atoms with van der Waals surface area (Å²) in [6.07, 6.45) is 15.4. The molecule has 8 nitrogen and oxygen atoms in total. The van der Waals surface area contributed by atoms with Gasteiger partial charge in [-0.2, -0.15) is 0 Å². The summed E-state index contributed by atoms with van der Waals surface area (Å²) >= 11 is 0. The van der Waals surface area contributed by atoms with Gasteiger partial charge in [-0.15, -0.1) is 0 Å². The number of carbonyl (C=O) groups is 4. The average Bonchev–Trinajstić information content (AvgIpc) is 2.81. The minimum absolute atomic E-state index is 0.0883. The molecule has 1 N–H and O–H groups in total. The lowest BCUT2D eigenvalue weighted by Gasteiger charge is -2.28. The van der Waals surface area contributed by atoms with Crippen molar-refractivity contribution in [2.24, 2.45) is 11.8 Å². The van der Waals surface area contributed by atoms with E-state index in [1.165, 1.54) is 0 Å². The van der Waals surface area contributed by atoms with Gasteiger partial charge in [-0.05, 0) is 37.5 Å². The van der Waals surface area contributed by atoms with Gasteiger partial charge in [0.15, 0.2) is 0 Å². The topological polar surface area (TPSA) is 108 Å². The number of fused-ring (bicyclic) bond motifs is 1. The molecule has 1 fully saturated rings. The zero-order valence-corrected chi connectivity index (χ0v) is 19.9. The molecule has 1 amide bonds. The van der Waals surface area contributed by atoms with Crippen molar-refractivity contribution in [3.05, 3.63) is 35.8 Å². The molecule has 1 heterocycles. The molecule has 3 rings (SSSR count). The number of amides is 1. The van der Waals surface area contributed by atoms with E-state index in [0.29, 0.717) is 18.8 Å². The maximum Gasteiger partial charge on any atom is 0.411 e. The molecule has 8 heteroatoms. The second-order valence-corrected chi connectivity index (χ2v) is 9.10. The first kappa shape index (κ1) is 25.7. The molecule has 186 valence electrons. The van der Waals surface area contributed by atoms with E-state index >= 15 is 0 Å². The molecule has 0 aromatic carbocycles. The van der Waals surface area contributed by atoms with Crippen molar-refractivity contribution in [3.63, 3.8) is 0 Å². The number of hydrogen-bond donors (Lipinski definition) is 1.